The summed E-state index contributed by atoms with van der Waals surface area (Å²) in [6.45, 7) is 5.39. The standard InChI is InChI=1S/C13H13N3O2/c1-3-10(12(4-2)16(17)18)11-9-15-8-6-5-7-13(15)14-11/h3,5-9H,1,4H2,2H3/b12-10-. The van der Waals surface area contributed by atoms with Gasteiger partial charge in [-0.3, -0.25) is 10.1 Å². The van der Waals surface area contributed by atoms with Gasteiger partial charge in [-0.1, -0.05) is 25.6 Å². The van der Waals surface area contributed by atoms with Crippen LogP contribution in [-0.2, 0) is 0 Å². The van der Waals surface area contributed by atoms with E-state index in [0.29, 0.717) is 17.7 Å². The summed E-state index contributed by atoms with van der Waals surface area (Å²) in [7, 11) is 0. The van der Waals surface area contributed by atoms with E-state index >= 15 is 0 Å². The number of hydrogen-bond donors (Lipinski definition) is 0. The molecule has 0 aliphatic rings. The lowest BCUT2D eigenvalue weighted by atomic mass is 10.1. The van der Waals surface area contributed by atoms with Crippen molar-refractivity contribution in [1.29, 1.82) is 0 Å². The molecule has 0 spiro atoms. The van der Waals surface area contributed by atoms with E-state index < -0.39 is 0 Å². The number of fused-ring (bicyclic) bond motifs is 1. The number of nitro groups is 1. The predicted molar refractivity (Wildman–Crippen MR) is 69.6 cm³/mol. The number of imidazole rings is 1. The van der Waals surface area contributed by atoms with Crippen molar-refractivity contribution < 1.29 is 4.92 Å². The number of nitrogens with zero attached hydrogens (tertiary/aromatic N) is 3. The molecule has 5 nitrogen and oxygen atoms in total. The molecule has 0 saturated carbocycles. The number of pyridine rings is 1. The quantitative estimate of drug-likeness (QED) is 0.471. The highest BCUT2D eigenvalue weighted by Gasteiger charge is 2.17. The van der Waals surface area contributed by atoms with Gasteiger partial charge in [0.1, 0.15) is 5.65 Å². The molecule has 2 heterocycles. The lowest BCUT2D eigenvalue weighted by Gasteiger charge is -1.99. The van der Waals surface area contributed by atoms with Crippen molar-refractivity contribution in [1.82, 2.24) is 9.38 Å². The van der Waals surface area contributed by atoms with Crippen LogP contribution in [0.25, 0.3) is 11.2 Å². The Morgan fingerprint density at radius 1 is 1.61 bits per heavy atom. The maximum Gasteiger partial charge on any atom is 0.255 e. The van der Waals surface area contributed by atoms with E-state index in [1.54, 1.807) is 13.1 Å². The summed E-state index contributed by atoms with van der Waals surface area (Å²) in [6, 6.07) is 5.60. The van der Waals surface area contributed by atoms with Crippen LogP contribution in [0.3, 0.4) is 0 Å². The number of hydrogen-bond acceptors (Lipinski definition) is 3. The van der Waals surface area contributed by atoms with Gasteiger partial charge < -0.3 is 4.40 Å². The van der Waals surface area contributed by atoms with Crippen LogP contribution in [0.5, 0.6) is 0 Å². The van der Waals surface area contributed by atoms with E-state index in [4.69, 9.17) is 0 Å². The van der Waals surface area contributed by atoms with Crippen LogP contribution in [0.4, 0.5) is 0 Å². The molecule has 0 aromatic carbocycles. The van der Waals surface area contributed by atoms with Crippen LogP contribution in [0.15, 0.2) is 48.9 Å². The molecule has 0 aliphatic carbocycles. The largest absolute Gasteiger partial charge is 0.306 e. The fraction of sp³-hybridized carbons (Fsp3) is 0.154. The van der Waals surface area contributed by atoms with Crippen molar-refractivity contribution in [2.75, 3.05) is 0 Å². The molecule has 0 aliphatic heterocycles. The fourth-order valence-corrected chi connectivity index (χ4v) is 1.85. The lowest BCUT2D eigenvalue weighted by molar-refractivity contribution is -0.426. The lowest BCUT2D eigenvalue weighted by Crippen LogP contribution is -2.01. The normalized spacial score (nSPS) is 12.3. The minimum Gasteiger partial charge on any atom is -0.306 e. The maximum atomic E-state index is 11.0. The SMILES string of the molecule is C=C/C(=C(\CC)[N+](=O)[O-])c1cn2ccccc2n1. The first-order chi connectivity index (χ1) is 8.67. The predicted octanol–water partition coefficient (Wildman–Crippen LogP) is 2.92. The second-order valence-corrected chi connectivity index (χ2v) is 3.77. The van der Waals surface area contributed by atoms with Crippen molar-refractivity contribution in [2.24, 2.45) is 0 Å². The van der Waals surface area contributed by atoms with Gasteiger partial charge in [-0.05, 0) is 12.1 Å². The highest BCUT2D eigenvalue weighted by atomic mass is 16.6. The molecule has 0 unspecified atom stereocenters. The molecule has 2 rings (SSSR count). The van der Waals surface area contributed by atoms with Crippen molar-refractivity contribution in [3.63, 3.8) is 0 Å². The Morgan fingerprint density at radius 2 is 2.39 bits per heavy atom. The second-order valence-electron chi connectivity index (χ2n) is 3.77. The number of rotatable bonds is 4. The highest BCUT2D eigenvalue weighted by Crippen LogP contribution is 2.22. The van der Waals surface area contributed by atoms with Gasteiger partial charge in [0.2, 0.25) is 0 Å². The molecule has 18 heavy (non-hydrogen) atoms. The average Bonchev–Trinajstić information content (AvgIpc) is 2.78. The molecular formula is C13H13N3O2. The summed E-state index contributed by atoms with van der Waals surface area (Å²) in [4.78, 5) is 15.0. The van der Waals surface area contributed by atoms with E-state index in [2.05, 4.69) is 11.6 Å². The van der Waals surface area contributed by atoms with Crippen LogP contribution >= 0.6 is 0 Å². The van der Waals surface area contributed by atoms with Gasteiger partial charge in [-0.15, -0.1) is 0 Å². The third kappa shape index (κ3) is 2.02. The van der Waals surface area contributed by atoms with E-state index in [0.717, 1.165) is 5.65 Å². The van der Waals surface area contributed by atoms with Crippen LogP contribution in [0, 0.1) is 10.1 Å². The Bertz CT molecular complexity index is 607. The Kier molecular flexibility index (Phi) is 3.23. The molecule has 0 amide bonds. The Morgan fingerprint density at radius 3 is 2.94 bits per heavy atom. The third-order valence-electron chi connectivity index (χ3n) is 2.71. The van der Waals surface area contributed by atoms with Gasteiger partial charge in [0, 0.05) is 18.8 Å². The van der Waals surface area contributed by atoms with Gasteiger partial charge in [0.25, 0.3) is 5.70 Å². The Labute approximate surface area is 104 Å². The summed E-state index contributed by atoms with van der Waals surface area (Å²) in [6.07, 6.45) is 5.45. The molecule has 2 aromatic rings. The van der Waals surface area contributed by atoms with Crippen molar-refractivity contribution in [3.05, 3.63) is 64.8 Å². The first-order valence-electron chi connectivity index (χ1n) is 5.61. The monoisotopic (exact) mass is 243 g/mol. The molecule has 92 valence electrons. The molecule has 2 aromatic heterocycles. The molecule has 0 saturated heterocycles. The molecular weight excluding hydrogens is 230 g/mol. The molecule has 0 radical (unpaired) electrons. The minimum atomic E-state index is -0.374. The van der Waals surface area contributed by atoms with Crippen molar-refractivity contribution in [3.8, 4) is 0 Å². The molecule has 0 fully saturated rings. The zero-order valence-corrected chi connectivity index (χ0v) is 10.0. The van der Waals surface area contributed by atoms with E-state index in [1.165, 1.54) is 6.08 Å². The number of allylic oxidation sites excluding steroid dienone is 3. The van der Waals surface area contributed by atoms with Gasteiger partial charge in [0.05, 0.1) is 16.2 Å². The molecule has 0 N–H and O–H groups in total. The smallest absolute Gasteiger partial charge is 0.255 e. The van der Waals surface area contributed by atoms with Gasteiger partial charge in [-0.25, -0.2) is 4.98 Å². The topological polar surface area (TPSA) is 60.4 Å². The van der Waals surface area contributed by atoms with Crippen LogP contribution in [0.1, 0.15) is 19.0 Å². The first kappa shape index (κ1) is 12.0. The second kappa shape index (κ2) is 4.83. The first-order valence-corrected chi connectivity index (χ1v) is 5.61. The summed E-state index contributed by atoms with van der Waals surface area (Å²) >= 11 is 0. The van der Waals surface area contributed by atoms with Gasteiger partial charge in [0.15, 0.2) is 0 Å². The zero-order chi connectivity index (χ0) is 13.1. The van der Waals surface area contributed by atoms with E-state index in [-0.39, 0.29) is 10.6 Å². The summed E-state index contributed by atoms with van der Waals surface area (Å²) in [5, 5.41) is 11.0. The zero-order valence-electron chi connectivity index (χ0n) is 10.0. The third-order valence-corrected chi connectivity index (χ3v) is 2.71. The van der Waals surface area contributed by atoms with E-state index in [9.17, 15) is 10.1 Å². The Hall–Kier alpha value is -2.43. The molecule has 5 heteroatoms. The van der Waals surface area contributed by atoms with Crippen LogP contribution in [0.2, 0.25) is 0 Å². The van der Waals surface area contributed by atoms with Gasteiger partial charge >= 0.3 is 0 Å². The van der Waals surface area contributed by atoms with Crippen LogP contribution in [-0.4, -0.2) is 14.3 Å². The van der Waals surface area contributed by atoms with Crippen molar-refractivity contribution >= 4 is 11.2 Å². The minimum absolute atomic E-state index is 0.133. The summed E-state index contributed by atoms with van der Waals surface area (Å²) in [5.41, 5.74) is 1.94. The maximum absolute atomic E-state index is 11.0. The molecule has 0 atom stereocenters. The van der Waals surface area contributed by atoms with Crippen LogP contribution < -0.4 is 0 Å². The molecule has 0 bridgehead atoms. The van der Waals surface area contributed by atoms with Gasteiger partial charge in [-0.2, -0.15) is 0 Å². The summed E-state index contributed by atoms with van der Waals surface area (Å²) < 4.78 is 1.83. The fourth-order valence-electron chi connectivity index (χ4n) is 1.85. The Balaban J connectivity index is 2.63. The average molecular weight is 243 g/mol. The number of aromatic nitrogens is 2. The van der Waals surface area contributed by atoms with Crippen molar-refractivity contribution in [2.45, 2.75) is 13.3 Å². The highest BCUT2D eigenvalue weighted by molar-refractivity contribution is 5.73. The van der Waals surface area contributed by atoms with E-state index in [1.807, 2.05) is 28.8 Å². The summed E-state index contributed by atoms with van der Waals surface area (Å²) in [5.74, 6) is 0.